The zero-order valence-electron chi connectivity index (χ0n) is 20.5. The largest absolute Gasteiger partial charge is 0.493 e. The molecule has 1 amide bonds. The molecule has 0 aliphatic carbocycles. The predicted octanol–water partition coefficient (Wildman–Crippen LogP) is 5.42. The molecule has 0 radical (unpaired) electrons. The van der Waals surface area contributed by atoms with Crippen molar-refractivity contribution in [3.05, 3.63) is 82.9 Å². The lowest BCUT2D eigenvalue weighted by Gasteiger charge is -2.56. The molecule has 0 saturated carbocycles. The fourth-order valence-electron chi connectivity index (χ4n) is 5.25. The average molecular weight is 488 g/mol. The second kappa shape index (κ2) is 8.57. The number of fused-ring (bicyclic) bond motifs is 4. The van der Waals surface area contributed by atoms with Crippen molar-refractivity contribution in [3.63, 3.8) is 0 Å². The lowest BCUT2D eigenvalue weighted by molar-refractivity contribution is -0.130. The Kier molecular flexibility index (Phi) is 5.68. The third-order valence-corrected chi connectivity index (χ3v) is 7.19. The highest BCUT2D eigenvalue weighted by Gasteiger charge is 2.59. The van der Waals surface area contributed by atoms with Gasteiger partial charge < -0.3 is 20.1 Å². The Labute approximate surface area is 211 Å². The van der Waals surface area contributed by atoms with Crippen LogP contribution in [0.15, 0.2) is 60.7 Å². The van der Waals surface area contributed by atoms with E-state index in [0.29, 0.717) is 16.6 Å². The Morgan fingerprint density at radius 1 is 1.09 bits per heavy atom. The third kappa shape index (κ3) is 3.80. The number of methoxy groups -OCH3 is 1. The highest BCUT2D eigenvalue weighted by molar-refractivity contribution is 7.80. The van der Waals surface area contributed by atoms with Crippen molar-refractivity contribution in [2.24, 2.45) is 5.92 Å². The predicted molar refractivity (Wildman–Crippen MR) is 142 cm³/mol. The van der Waals surface area contributed by atoms with Crippen molar-refractivity contribution < 1.29 is 14.3 Å². The van der Waals surface area contributed by atoms with E-state index in [0.717, 1.165) is 33.6 Å². The summed E-state index contributed by atoms with van der Waals surface area (Å²) in [7, 11) is 1.62. The topological polar surface area (TPSA) is 62.8 Å². The van der Waals surface area contributed by atoms with Gasteiger partial charge in [-0.25, -0.2) is 0 Å². The van der Waals surface area contributed by atoms with Crippen LogP contribution in [0.5, 0.6) is 11.5 Å². The third-order valence-electron chi connectivity index (χ3n) is 6.89. The smallest absolute Gasteiger partial charge is 0.236 e. The van der Waals surface area contributed by atoms with Crippen LogP contribution in [-0.2, 0) is 4.79 Å². The highest BCUT2D eigenvalue weighted by Crippen LogP contribution is 2.52. The quantitative estimate of drug-likeness (QED) is 0.479. The standard InChI is InChI=1S/C28H29N3O3S/c1-16-8-6-9-19(15-16)31-27(35)30-24-20-10-7-11-22(33-5)25(20)34-28(31,4)23(24)26(32)29-21-13-12-17(2)14-18(21)3/h6-15,23-24H,1-5H3,(H,29,32)(H,30,35)/t23-,24+,28-/m0/s1. The first-order valence-electron chi connectivity index (χ1n) is 11.6. The summed E-state index contributed by atoms with van der Waals surface area (Å²) in [4.78, 5) is 15.9. The summed E-state index contributed by atoms with van der Waals surface area (Å²) in [6.07, 6.45) is 0. The van der Waals surface area contributed by atoms with Crippen molar-refractivity contribution in [2.75, 3.05) is 17.3 Å². The maximum absolute atomic E-state index is 14.0. The Hall–Kier alpha value is -3.58. The molecule has 1 fully saturated rings. The van der Waals surface area contributed by atoms with Crippen LogP contribution < -0.4 is 25.0 Å². The lowest BCUT2D eigenvalue weighted by Crippen LogP contribution is -2.72. The van der Waals surface area contributed by atoms with Gasteiger partial charge in [0.25, 0.3) is 0 Å². The van der Waals surface area contributed by atoms with Gasteiger partial charge >= 0.3 is 0 Å². The molecule has 35 heavy (non-hydrogen) atoms. The second-order valence-electron chi connectivity index (χ2n) is 9.42. The van der Waals surface area contributed by atoms with Crippen molar-refractivity contribution in [3.8, 4) is 11.5 Å². The number of carbonyl (C=O) groups is 1. The minimum absolute atomic E-state index is 0.148. The lowest BCUT2D eigenvalue weighted by atomic mass is 9.78. The first-order valence-corrected chi connectivity index (χ1v) is 12.0. The SMILES string of the molecule is COc1cccc2c1O[C@@]1(C)[C@H](C(=O)Nc3ccc(C)cc3C)[C@@H]2NC(=S)N1c1cccc(C)c1. The molecule has 2 N–H and O–H groups in total. The average Bonchev–Trinajstić information content (AvgIpc) is 2.80. The van der Waals surface area contributed by atoms with Crippen molar-refractivity contribution >= 4 is 34.6 Å². The number of benzene rings is 3. The summed E-state index contributed by atoms with van der Waals surface area (Å²) >= 11 is 5.85. The maximum Gasteiger partial charge on any atom is 0.236 e. The van der Waals surface area contributed by atoms with Crippen LogP contribution in [0.4, 0.5) is 11.4 Å². The maximum atomic E-state index is 14.0. The van der Waals surface area contributed by atoms with Crippen LogP contribution in [0.25, 0.3) is 0 Å². The van der Waals surface area contributed by atoms with E-state index in [1.54, 1.807) is 7.11 Å². The summed E-state index contributed by atoms with van der Waals surface area (Å²) < 4.78 is 12.3. The van der Waals surface area contributed by atoms with Gasteiger partial charge in [-0.2, -0.15) is 0 Å². The number of amides is 1. The van der Waals surface area contributed by atoms with Crippen LogP contribution in [0, 0.1) is 26.7 Å². The number of nitrogens with one attached hydrogen (secondary N) is 2. The molecule has 1 saturated heterocycles. The number of nitrogens with zero attached hydrogens (tertiary/aromatic N) is 1. The number of thiocarbonyl (C=S) groups is 1. The first kappa shape index (κ1) is 23.2. The molecule has 5 rings (SSSR count). The van der Waals surface area contributed by atoms with Crippen molar-refractivity contribution in [1.29, 1.82) is 0 Å². The zero-order valence-corrected chi connectivity index (χ0v) is 21.3. The van der Waals surface area contributed by atoms with Crippen molar-refractivity contribution in [2.45, 2.75) is 39.5 Å². The first-order chi connectivity index (χ1) is 16.7. The van der Waals surface area contributed by atoms with E-state index >= 15 is 0 Å². The minimum atomic E-state index is -1.11. The van der Waals surface area contributed by atoms with Crippen LogP contribution in [0.3, 0.4) is 0 Å². The minimum Gasteiger partial charge on any atom is -0.493 e. The number of ether oxygens (including phenoxy) is 2. The van der Waals surface area contributed by atoms with E-state index in [2.05, 4.69) is 16.7 Å². The van der Waals surface area contributed by atoms with Crippen LogP contribution in [0.1, 0.15) is 35.2 Å². The molecule has 3 atom stereocenters. The molecule has 0 spiro atoms. The van der Waals surface area contributed by atoms with Gasteiger partial charge in [0.1, 0.15) is 5.92 Å². The number of hydrogen-bond acceptors (Lipinski definition) is 4. The van der Waals surface area contributed by atoms with Gasteiger partial charge in [0, 0.05) is 16.9 Å². The zero-order chi connectivity index (χ0) is 24.9. The molecule has 7 heteroatoms. The van der Waals surface area contributed by atoms with Gasteiger partial charge in [0.05, 0.1) is 13.2 Å². The molecule has 2 bridgehead atoms. The van der Waals surface area contributed by atoms with E-state index in [1.165, 1.54) is 0 Å². The molecule has 2 heterocycles. The Bertz CT molecular complexity index is 1340. The van der Waals surface area contributed by atoms with Gasteiger partial charge in [0.15, 0.2) is 22.3 Å². The molecule has 3 aromatic rings. The molecule has 0 unspecified atom stereocenters. The molecule has 180 valence electrons. The van der Waals surface area contributed by atoms with Gasteiger partial charge in [-0.05, 0) is 75.3 Å². The Balaban J connectivity index is 1.65. The number of rotatable bonds is 4. The van der Waals surface area contributed by atoms with Crippen LogP contribution >= 0.6 is 12.2 Å². The molecule has 0 aromatic heterocycles. The number of para-hydroxylation sites is 1. The van der Waals surface area contributed by atoms with E-state index in [4.69, 9.17) is 21.7 Å². The number of hydrogen-bond donors (Lipinski definition) is 2. The van der Waals surface area contributed by atoms with Gasteiger partial charge in [0.2, 0.25) is 5.91 Å². The fourth-order valence-corrected chi connectivity index (χ4v) is 5.66. The van der Waals surface area contributed by atoms with Gasteiger partial charge in [-0.3, -0.25) is 9.69 Å². The van der Waals surface area contributed by atoms with Gasteiger partial charge in [-0.15, -0.1) is 0 Å². The summed E-state index contributed by atoms with van der Waals surface area (Å²) in [6.45, 7) is 7.99. The summed E-state index contributed by atoms with van der Waals surface area (Å²) in [5.74, 6) is 0.470. The van der Waals surface area contributed by atoms with Gasteiger partial charge in [-0.1, -0.05) is 42.0 Å². The molecule has 2 aliphatic heterocycles. The second-order valence-corrected chi connectivity index (χ2v) is 9.81. The molecule has 6 nitrogen and oxygen atoms in total. The summed E-state index contributed by atoms with van der Waals surface area (Å²) in [6, 6.07) is 19.4. The van der Waals surface area contributed by atoms with E-state index < -0.39 is 17.7 Å². The molecule has 2 aliphatic rings. The number of anilines is 2. The van der Waals surface area contributed by atoms with E-state index in [-0.39, 0.29) is 5.91 Å². The van der Waals surface area contributed by atoms with E-state index in [9.17, 15) is 4.79 Å². The Morgan fingerprint density at radius 2 is 1.83 bits per heavy atom. The Morgan fingerprint density at radius 3 is 2.54 bits per heavy atom. The number of carbonyl (C=O) groups excluding carboxylic acids is 1. The molecular formula is C28H29N3O3S. The number of aryl methyl sites for hydroxylation is 3. The fraction of sp³-hybridized carbons (Fsp3) is 0.286. The van der Waals surface area contributed by atoms with Crippen LogP contribution in [0.2, 0.25) is 0 Å². The molecule has 3 aromatic carbocycles. The monoisotopic (exact) mass is 487 g/mol. The van der Waals surface area contributed by atoms with Crippen LogP contribution in [-0.4, -0.2) is 23.9 Å². The summed E-state index contributed by atoms with van der Waals surface area (Å²) in [5.41, 5.74) is 4.60. The van der Waals surface area contributed by atoms with E-state index in [1.807, 2.05) is 87.2 Å². The normalized spacial score (nSPS) is 22.5. The summed E-state index contributed by atoms with van der Waals surface area (Å²) in [5, 5.41) is 7.12. The highest BCUT2D eigenvalue weighted by atomic mass is 32.1. The molecular weight excluding hydrogens is 458 g/mol. The van der Waals surface area contributed by atoms with Crippen molar-refractivity contribution in [1.82, 2.24) is 5.32 Å².